The number of benzene rings is 1. The van der Waals surface area contributed by atoms with Gasteiger partial charge in [0.2, 0.25) is 0 Å². The number of carbonyl (C=O) groups is 1. The molecule has 1 atom stereocenters. The SMILES string of the molecule is Cc1ccc([C@H](C)NC2(CC(=O)O)CNC2)cc1. The van der Waals surface area contributed by atoms with E-state index in [0.717, 1.165) is 13.1 Å². The van der Waals surface area contributed by atoms with Crippen molar-refractivity contribution in [3.8, 4) is 0 Å². The third-order valence-electron chi connectivity index (χ3n) is 3.52. The number of hydrogen-bond donors (Lipinski definition) is 3. The predicted octanol–water partition coefficient (Wildman–Crippen LogP) is 1.46. The average molecular weight is 248 g/mol. The summed E-state index contributed by atoms with van der Waals surface area (Å²) in [6.07, 6.45) is 0.163. The van der Waals surface area contributed by atoms with Gasteiger partial charge in [-0.2, -0.15) is 0 Å². The lowest BCUT2D eigenvalue weighted by molar-refractivity contribution is -0.139. The number of aryl methyl sites for hydroxylation is 1. The third-order valence-corrected chi connectivity index (χ3v) is 3.52. The first-order chi connectivity index (χ1) is 8.51. The van der Waals surface area contributed by atoms with E-state index in [1.807, 2.05) is 0 Å². The van der Waals surface area contributed by atoms with Gasteiger partial charge in [-0.15, -0.1) is 0 Å². The maximum atomic E-state index is 10.9. The molecule has 0 spiro atoms. The quantitative estimate of drug-likeness (QED) is 0.738. The molecule has 0 aromatic heterocycles. The molecule has 1 heterocycles. The van der Waals surface area contributed by atoms with Crippen molar-refractivity contribution in [2.24, 2.45) is 0 Å². The molecule has 0 bridgehead atoms. The Labute approximate surface area is 107 Å². The maximum absolute atomic E-state index is 10.9. The zero-order valence-electron chi connectivity index (χ0n) is 10.9. The molecule has 4 heteroatoms. The largest absolute Gasteiger partial charge is 0.481 e. The molecular weight excluding hydrogens is 228 g/mol. The Hall–Kier alpha value is -1.39. The minimum atomic E-state index is -0.750. The van der Waals surface area contributed by atoms with Crippen molar-refractivity contribution in [2.45, 2.75) is 31.8 Å². The van der Waals surface area contributed by atoms with Gasteiger partial charge in [-0.25, -0.2) is 0 Å². The minimum absolute atomic E-state index is 0.159. The monoisotopic (exact) mass is 248 g/mol. The normalized spacial score (nSPS) is 19.0. The standard InChI is InChI=1S/C14H20N2O2/c1-10-3-5-12(6-4-10)11(2)16-14(7-13(17)18)8-15-9-14/h3-6,11,15-16H,7-9H2,1-2H3,(H,17,18)/t11-/m0/s1. The van der Waals surface area contributed by atoms with E-state index in [1.165, 1.54) is 11.1 Å². The zero-order chi connectivity index (χ0) is 13.2. The number of nitrogens with one attached hydrogen (secondary N) is 2. The molecule has 98 valence electrons. The molecular formula is C14H20N2O2. The maximum Gasteiger partial charge on any atom is 0.305 e. The molecule has 1 saturated heterocycles. The summed E-state index contributed by atoms with van der Waals surface area (Å²) in [4.78, 5) is 10.9. The summed E-state index contributed by atoms with van der Waals surface area (Å²) in [6, 6.07) is 8.50. The van der Waals surface area contributed by atoms with E-state index >= 15 is 0 Å². The van der Waals surface area contributed by atoms with Gasteiger partial charge in [0, 0.05) is 19.1 Å². The van der Waals surface area contributed by atoms with E-state index in [4.69, 9.17) is 5.11 Å². The first kappa shape index (κ1) is 13.1. The fourth-order valence-corrected chi connectivity index (χ4v) is 2.39. The van der Waals surface area contributed by atoms with Crippen LogP contribution in [0.1, 0.15) is 30.5 Å². The first-order valence-electron chi connectivity index (χ1n) is 6.28. The van der Waals surface area contributed by atoms with Gasteiger partial charge in [0.1, 0.15) is 0 Å². The van der Waals surface area contributed by atoms with Gasteiger partial charge >= 0.3 is 5.97 Å². The zero-order valence-corrected chi connectivity index (χ0v) is 10.9. The molecule has 0 aliphatic carbocycles. The van der Waals surface area contributed by atoms with Crippen molar-refractivity contribution >= 4 is 5.97 Å². The molecule has 0 amide bonds. The highest BCUT2D eigenvalue weighted by Gasteiger charge is 2.39. The van der Waals surface area contributed by atoms with Crippen LogP contribution in [0.25, 0.3) is 0 Å². The van der Waals surface area contributed by atoms with Gasteiger partial charge in [0.05, 0.1) is 12.0 Å². The van der Waals surface area contributed by atoms with Crippen LogP contribution in [-0.2, 0) is 4.79 Å². The molecule has 1 aliphatic heterocycles. The summed E-state index contributed by atoms with van der Waals surface area (Å²) >= 11 is 0. The van der Waals surface area contributed by atoms with Gasteiger partial charge in [-0.1, -0.05) is 29.8 Å². The van der Waals surface area contributed by atoms with E-state index in [1.54, 1.807) is 0 Å². The highest BCUT2D eigenvalue weighted by atomic mass is 16.4. The Balaban J connectivity index is 2.03. The fraction of sp³-hybridized carbons (Fsp3) is 0.500. The highest BCUT2D eigenvalue weighted by molar-refractivity contribution is 5.68. The van der Waals surface area contributed by atoms with Gasteiger partial charge in [0.25, 0.3) is 0 Å². The Kier molecular flexibility index (Phi) is 3.68. The Bertz CT molecular complexity index is 424. The van der Waals surface area contributed by atoms with E-state index in [-0.39, 0.29) is 18.0 Å². The van der Waals surface area contributed by atoms with Crippen LogP contribution in [0, 0.1) is 6.92 Å². The molecule has 1 aromatic carbocycles. The van der Waals surface area contributed by atoms with Crippen molar-refractivity contribution < 1.29 is 9.90 Å². The third kappa shape index (κ3) is 2.89. The summed E-state index contributed by atoms with van der Waals surface area (Å²) < 4.78 is 0. The molecule has 1 aromatic rings. The predicted molar refractivity (Wildman–Crippen MR) is 70.6 cm³/mol. The molecule has 2 rings (SSSR count). The van der Waals surface area contributed by atoms with Crippen LogP contribution in [0.3, 0.4) is 0 Å². The van der Waals surface area contributed by atoms with E-state index in [2.05, 4.69) is 48.7 Å². The minimum Gasteiger partial charge on any atom is -0.481 e. The summed E-state index contributed by atoms with van der Waals surface area (Å²) in [5.74, 6) is -0.750. The van der Waals surface area contributed by atoms with Crippen molar-refractivity contribution in [1.82, 2.24) is 10.6 Å². The van der Waals surface area contributed by atoms with Crippen LogP contribution in [0.5, 0.6) is 0 Å². The summed E-state index contributed by atoms with van der Waals surface area (Å²) in [6.45, 7) is 5.57. The number of carboxylic acids is 1. The summed E-state index contributed by atoms with van der Waals surface area (Å²) in [5, 5.41) is 15.6. The van der Waals surface area contributed by atoms with Gasteiger partial charge < -0.3 is 15.7 Å². The van der Waals surface area contributed by atoms with Gasteiger partial charge in [-0.05, 0) is 19.4 Å². The van der Waals surface area contributed by atoms with E-state index in [9.17, 15) is 4.79 Å². The Morgan fingerprint density at radius 1 is 1.44 bits per heavy atom. The van der Waals surface area contributed by atoms with Crippen LogP contribution in [0.2, 0.25) is 0 Å². The van der Waals surface area contributed by atoms with E-state index in [0.29, 0.717) is 0 Å². The number of aliphatic carboxylic acids is 1. The van der Waals surface area contributed by atoms with Crippen molar-refractivity contribution in [3.05, 3.63) is 35.4 Å². The van der Waals surface area contributed by atoms with Crippen LogP contribution in [0.15, 0.2) is 24.3 Å². The second-order valence-electron chi connectivity index (χ2n) is 5.23. The Morgan fingerprint density at radius 3 is 2.50 bits per heavy atom. The fourth-order valence-electron chi connectivity index (χ4n) is 2.39. The molecule has 18 heavy (non-hydrogen) atoms. The molecule has 0 saturated carbocycles. The van der Waals surface area contributed by atoms with E-state index < -0.39 is 5.97 Å². The van der Waals surface area contributed by atoms with Crippen LogP contribution >= 0.6 is 0 Å². The van der Waals surface area contributed by atoms with Crippen LogP contribution in [-0.4, -0.2) is 29.7 Å². The number of hydrogen-bond acceptors (Lipinski definition) is 3. The lowest BCUT2D eigenvalue weighted by Gasteiger charge is -2.44. The molecule has 1 fully saturated rings. The summed E-state index contributed by atoms with van der Waals surface area (Å²) in [7, 11) is 0. The van der Waals surface area contributed by atoms with Crippen LogP contribution < -0.4 is 10.6 Å². The number of carboxylic acid groups (broad SMARTS) is 1. The molecule has 0 unspecified atom stereocenters. The lowest BCUT2D eigenvalue weighted by atomic mass is 9.87. The van der Waals surface area contributed by atoms with Gasteiger partial charge in [0.15, 0.2) is 0 Å². The van der Waals surface area contributed by atoms with Crippen molar-refractivity contribution in [2.75, 3.05) is 13.1 Å². The molecule has 0 radical (unpaired) electrons. The smallest absolute Gasteiger partial charge is 0.305 e. The second-order valence-corrected chi connectivity index (χ2v) is 5.23. The first-order valence-corrected chi connectivity index (χ1v) is 6.28. The van der Waals surface area contributed by atoms with Crippen LogP contribution in [0.4, 0.5) is 0 Å². The lowest BCUT2D eigenvalue weighted by Crippen LogP contribution is -2.68. The molecule has 1 aliphatic rings. The Morgan fingerprint density at radius 2 is 2.06 bits per heavy atom. The molecule has 4 nitrogen and oxygen atoms in total. The van der Waals surface area contributed by atoms with Gasteiger partial charge in [-0.3, -0.25) is 4.79 Å². The second kappa shape index (κ2) is 5.08. The highest BCUT2D eigenvalue weighted by Crippen LogP contribution is 2.22. The van der Waals surface area contributed by atoms with Crippen molar-refractivity contribution in [1.29, 1.82) is 0 Å². The number of rotatable bonds is 5. The molecule has 3 N–H and O–H groups in total. The van der Waals surface area contributed by atoms with Crippen molar-refractivity contribution in [3.63, 3.8) is 0 Å². The average Bonchev–Trinajstić information content (AvgIpc) is 2.26. The summed E-state index contributed by atoms with van der Waals surface area (Å²) in [5.41, 5.74) is 2.13. The topological polar surface area (TPSA) is 61.4 Å².